The van der Waals surface area contributed by atoms with Crippen molar-refractivity contribution in [3.05, 3.63) is 47.8 Å². The van der Waals surface area contributed by atoms with Crippen LogP contribution in [0.5, 0.6) is 0 Å². The number of para-hydroxylation sites is 1. The summed E-state index contributed by atoms with van der Waals surface area (Å²) in [6, 6.07) is 10.7. The molecule has 3 N–H and O–H groups in total. The number of benzene rings is 1. The zero-order valence-corrected chi connectivity index (χ0v) is 12.9. The molecule has 1 fully saturated rings. The third-order valence-electron chi connectivity index (χ3n) is 3.94. The van der Waals surface area contributed by atoms with E-state index < -0.39 is 5.91 Å². The Balaban J connectivity index is 1.98. The van der Waals surface area contributed by atoms with E-state index in [0.717, 1.165) is 13.1 Å². The molecule has 2 amide bonds. The molecule has 7 heteroatoms. The lowest BCUT2D eigenvalue weighted by Gasteiger charge is -2.33. The maximum Gasteiger partial charge on any atom is 0.274 e. The van der Waals surface area contributed by atoms with E-state index in [0.29, 0.717) is 12.2 Å². The highest BCUT2D eigenvalue weighted by atomic mass is 16.2. The summed E-state index contributed by atoms with van der Waals surface area (Å²) in [6.45, 7) is 4.09. The number of rotatable bonds is 3. The van der Waals surface area contributed by atoms with Crippen molar-refractivity contribution in [3.8, 4) is 5.69 Å². The van der Waals surface area contributed by atoms with Gasteiger partial charge in [0, 0.05) is 31.7 Å². The zero-order valence-electron chi connectivity index (χ0n) is 12.9. The number of hydrogen-bond donors (Lipinski definition) is 2. The molecule has 1 unspecified atom stereocenters. The van der Waals surface area contributed by atoms with Crippen LogP contribution in [0.25, 0.3) is 5.69 Å². The second-order valence-electron chi connectivity index (χ2n) is 5.58. The number of primary amides is 1. The molecular formula is C16H19N5O2. The predicted octanol–water partition coefficient (Wildman–Crippen LogP) is 0.405. The zero-order chi connectivity index (χ0) is 16.4. The van der Waals surface area contributed by atoms with Crippen molar-refractivity contribution in [1.82, 2.24) is 20.0 Å². The number of carbonyl (C=O) groups excluding carboxylic acids is 2. The Kier molecular flexibility index (Phi) is 4.12. The van der Waals surface area contributed by atoms with Crippen molar-refractivity contribution in [1.29, 1.82) is 0 Å². The third-order valence-corrected chi connectivity index (χ3v) is 3.94. The minimum Gasteiger partial charge on any atom is -0.364 e. The van der Waals surface area contributed by atoms with Crippen molar-refractivity contribution in [2.24, 2.45) is 5.73 Å². The van der Waals surface area contributed by atoms with E-state index in [4.69, 9.17) is 5.73 Å². The smallest absolute Gasteiger partial charge is 0.274 e. The van der Waals surface area contributed by atoms with Gasteiger partial charge in [0.15, 0.2) is 5.69 Å². The first kappa shape index (κ1) is 15.2. The number of nitrogens with two attached hydrogens (primary N) is 1. The molecule has 2 heterocycles. The lowest BCUT2D eigenvalue weighted by molar-refractivity contribution is 0.0649. The lowest BCUT2D eigenvalue weighted by Crippen LogP contribution is -2.52. The summed E-state index contributed by atoms with van der Waals surface area (Å²) >= 11 is 0. The van der Waals surface area contributed by atoms with Gasteiger partial charge in [-0.25, -0.2) is 4.68 Å². The van der Waals surface area contributed by atoms with Crippen LogP contribution in [0.4, 0.5) is 0 Å². The number of carbonyl (C=O) groups is 2. The Bertz CT molecular complexity index is 725. The fourth-order valence-electron chi connectivity index (χ4n) is 2.72. The van der Waals surface area contributed by atoms with Gasteiger partial charge in [0.05, 0.1) is 5.69 Å². The average molecular weight is 313 g/mol. The molecule has 0 aliphatic carbocycles. The number of amides is 2. The Morgan fingerprint density at radius 3 is 2.70 bits per heavy atom. The van der Waals surface area contributed by atoms with Crippen molar-refractivity contribution in [2.45, 2.75) is 13.0 Å². The monoisotopic (exact) mass is 313 g/mol. The van der Waals surface area contributed by atoms with Crippen LogP contribution < -0.4 is 11.1 Å². The fourth-order valence-corrected chi connectivity index (χ4v) is 2.72. The van der Waals surface area contributed by atoms with Gasteiger partial charge in [-0.15, -0.1) is 0 Å². The van der Waals surface area contributed by atoms with Crippen LogP contribution in [0.15, 0.2) is 36.4 Å². The highest BCUT2D eigenvalue weighted by Crippen LogP contribution is 2.15. The van der Waals surface area contributed by atoms with Gasteiger partial charge < -0.3 is 16.0 Å². The van der Waals surface area contributed by atoms with E-state index in [9.17, 15) is 9.59 Å². The first-order valence-corrected chi connectivity index (χ1v) is 7.55. The SMILES string of the molecule is CC1CNCCN1C(=O)c1cc(C(N)=O)n(-c2ccccc2)n1. The standard InChI is InChI=1S/C16H19N5O2/c1-11-10-18-7-8-20(11)16(23)13-9-14(15(17)22)21(19-13)12-5-3-2-4-6-12/h2-6,9,11,18H,7-8,10H2,1H3,(H2,17,22). The van der Waals surface area contributed by atoms with E-state index in [1.807, 2.05) is 25.1 Å². The van der Waals surface area contributed by atoms with Crippen molar-refractivity contribution in [2.75, 3.05) is 19.6 Å². The number of hydrogen-bond acceptors (Lipinski definition) is 4. The van der Waals surface area contributed by atoms with Crippen LogP contribution >= 0.6 is 0 Å². The number of piperazine rings is 1. The fraction of sp³-hybridized carbons (Fsp3) is 0.312. The van der Waals surface area contributed by atoms with Crippen LogP contribution in [0.3, 0.4) is 0 Å². The van der Waals surface area contributed by atoms with Crippen molar-refractivity contribution >= 4 is 11.8 Å². The second-order valence-corrected chi connectivity index (χ2v) is 5.58. The molecule has 3 rings (SSSR count). The first-order valence-electron chi connectivity index (χ1n) is 7.55. The number of aromatic nitrogens is 2. The normalized spacial score (nSPS) is 18.0. The topological polar surface area (TPSA) is 93.3 Å². The molecule has 120 valence electrons. The van der Waals surface area contributed by atoms with Gasteiger partial charge in [0.25, 0.3) is 11.8 Å². The Morgan fingerprint density at radius 2 is 2.04 bits per heavy atom. The summed E-state index contributed by atoms with van der Waals surface area (Å²) in [5.41, 5.74) is 6.55. The molecule has 2 aromatic rings. The van der Waals surface area contributed by atoms with Gasteiger partial charge in [-0.3, -0.25) is 9.59 Å². The van der Waals surface area contributed by atoms with Gasteiger partial charge >= 0.3 is 0 Å². The minimum absolute atomic E-state index is 0.0788. The largest absolute Gasteiger partial charge is 0.364 e. The maximum atomic E-state index is 12.7. The van der Waals surface area contributed by atoms with Gasteiger partial charge in [-0.05, 0) is 19.1 Å². The average Bonchev–Trinajstić information content (AvgIpc) is 3.01. The molecule has 0 saturated carbocycles. The van der Waals surface area contributed by atoms with Crippen molar-refractivity contribution < 1.29 is 9.59 Å². The van der Waals surface area contributed by atoms with Gasteiger partial charge in [-0.1, -0.05) is 18.2 Å². The summed E-state index contributed by atoms with van der Waals surface area (Å²) in [5, 5.41) is 7.55. The molecular weight excluding hydrogens is 294 g/mol. The Labute approximate surface area is 134 Å². The number of nitrogens with zero attached hydrogens (tertiary/aromatic N) is 3. The molecule has 1 aliphatic heterocycles. The van der Waals surface area contributed by atoms with Crippen LogP contribution in [0.2, 0.25) is 0 Å². The lowest BCUT2D eigenvalue weighted by atomic mass is 10.2. The summed E-state index contributed by atoms with van der Waals surface area (Å²) in [5.74, 6) is -0.801. The molecule has 1 aromatic carbocycles. The van der Waals surface area contributed by atoms with Crippen LogP contribution in [-0.2, 0) is 0 Å². The number of nitrogens with one attached hydrogen (secondary N) is 1. The van der Waals surface area contributed by atoms with E-state index in [2.05, 4.69) is 10.4 Å². The van der Waals surface area contributed by atoms with Crippen molar-refractivity contribution in [3.63, 3.8) is 0 Å². The molecule has 1 aliphatic rings. The summed E-state index contributed by atoms with van der Waals surface area (Å²) in [4.78, 5) is 26.2. The molecule has 0 radical (unpaired) electrons. The highest BCUT2D eigenvalue weighted by molar-refractivity contribution is 5.97. The minimum atomic E-state index is -0.617. The summed E-state index contributed by atoms with van der Waals surface area (Å²) in [6.07, 6.45) is 0. The molecule has 7 nitrogen and oxygen atoms in total. The summed E-state index contributed by atoms with van der Waals surface area (Å²) in [7, 11) is 0. The Morgan fingerprint density at radius 1 is 1.30 bits per heavy atom. The van der Waals surface area contributed by atoms with Gasteiger partial charge in [0.2, 0.25) is 0 Å². The van der Waals surface area contributed by atoms with E-state index in [1.165, 1.54) is 10.7 Å². The van der Waals surface area contributed by atoms with Gasteiger partial charge in [-0.2, -0.15) is 5.10 Å². The van der Waals surface area contributed by atoms with E-state index in [-0.39, 0.29) is 23.3 Å². The van der Waals surface area contributed by atoms with Gasteiger partial charge in [0.1, 0.15) is 5.69 Å². The molecule has 0 bridgehead atoms. The van der Waals surface area contributed by atoms with E-state index >= 15 is 0 Å². The predicted molar refractivity (Wildman–Crippen MR) is 85.5 cm³/mol. The van der Waals surface area contributed by atoms with Crippen LogP contribution in [0, 0.1) is 0 Å². The Hall–Kier alpha value is -2.67. The first-order chi connectivity index (χ1) is 11.1. The highest BCUT2D eigenvalue weighted by Gasteiger charge is 2.27. The maximum absolute atomic E-state index is 12.7. The third kappa shape index (κ3) is 2.95. The van der Waals surface area contributed by atoms with E-state index in [1.54, 1.807) is 17.0 Å². The second kappa shape index (κ2) is 6.21. The molecule has 0 spiro atoms. The summed E-state index contributed by atoms with van der Waals surface area (Å²) < 4.78 is 1.42. The van der Waals surface area contributed by atoms with Crippen LogP contribution in [0.1, 0.15) is 27.9 Å². The molecule has 1 aromatic heterocycles. The molecule has 1 saturated heterocycles. The quantitative estimate of drug-likeness (QED) is 0.858. The molecule has 23 heavy (non-hydrogen) atoms. The van der Waals surface area contributed by atoms with Crippen LogP contribution in [-0.4, -0.2) is 52.2 Å². The molecule has 1 atom stereocenters.